The van der Waals surface area contributed by atoms with Crippen LogP contribution in [0.4, 0.5) is 4.39 Å². The van der Waals surface area contributed by atoms with E-state index in [4.69, 9.17) is 4.74 Å². The van der Waals surface area contributed by atoms with Gasteiger partial charge < -0.3 is 14.5 Å². The number of carbonyl (C=O) groups is 2. The highest BCUT2D eigenvalue weighted by Crippen LogP contribution is 2.44. The Labute approximate surface area is 182 Å². The SMILES string of the molecule is C=C(/C=C(F)\C(C)=C/C)[C@@H]1CC[C@H]2OC3(CCN(C(=O)c4ccccc4)CC3)C(=O)N21. The zero-order valence-corrected chi connectivity index (χ0v) is 18.1. The Balaban J connectivity index is 1.45. The molecule has 0 saturated carbocycles. The van der Waals surface area contributed by atoms with E-state index in [0.717, 1.165) is 0 Å². The van der Waals surface area contributed by atoms with Crippen molar-refractivity contribution in [3.8, 4) is 0 Å². The van der Waals surface area contributed by atoms with Crippen LogP contribution < -0.4 is 0 Å². The second kappa shape index (κ2) is 8.42. The summed E-state index contributed by atoms with van der Waals surface area (Å²) in [6.45, 7) is 8.48. The summed E-state index contributed by atoms with van der Waals surface area (Å²) in [5.41, 5.74) is 0.899. The van der Waals surface area contributed by atoms with E-state index in [1.54, 1.807) is 41.9 Å². The fourth-order valence-electron chi connectivity index (χ4n) is 4.75. The molecule has 3 saturated heterocycles. The van der Waals surface area contributed by atoms with Gasteiger partial charge in [-0.2, -0.15) is 0 Å². The molecule has 4 rings (SSSR count). The fraction of sp³-hybridized carbons (Fsp3) is 0.440. The number of benzene rings is 1. The molecule has 3 aliphatic heterocycles. The van der Waals surface area contributed by atoms with Crippen LogP contribution in [0.3, 0.4) is 0 Å². The number of amides is 2. The maximum absolute atomic E-state index is 14.3. The first-order chi connectivity index (χ1) is 14.9. The minimum atomic E-state index is -0.890. The summed E-state index contributed by atoms with van der Waals surface area (Å²) in [7, 11) is 0. The van der Waals surface area contributed by atoms with E-state index in [9.17, 15) is 14.0 Å². The summed E-state index contributed by atoms with van der Waals surface area (Å²) in [4.78, 5) is 29.7. The third kappa shape index (κ3) is 3.85. The van der Waals surface area contributed by atoms with Crippen molar-refractivity contribution in [3.05, 3.63) is 71.6 Å². The second-order valence-corrected chi connectivity index (χ2v) is 8.57. The molecule has 5 nitrogen and oxygen atoms in total. The molecule has 2 amide bonds. The minimum Gasteiger partial charge on any atom is -0.342 e. The maximum Gasteiger partial charge on any atom is 0.257 e. The van der Waals surface area contributed by atoms with Gasteiger partial charge >= 0.3 is 0 Å². The number of halogens is 1. The minimum absolute atomic E-state index is 0.0207. The molecule has 3 fully saturated rings. The van der Waals surface area contributed by atoms with Gasteiger partial charge in [0.2, 0.25) is 0 Å². The first kappa shape index (κ1) is 21.5. The van der Waals surface area contributed by atoms with Crippen molar-refractivity contribution < 1.29 is 18.7 Å². The number of hydrogen-bond donors (Lipinski definition) is 0. The van der Waals surface area contributed by atoms with E-state index < -0.39 is 5.60 Å². The maximum atomic E-state index is 14.3. The second-order valence-electron chi connectivity index (χ2n) is 8.57. The zero-order chi connectivity index (χ0) is 22.2. The third-order valence-electron chi connectivity index (χ3n) is 6.75. The van der Waals surface area contributed by atoms with Crippen LogP contribution in [0.15, 0.2) is 66.0 Å². The number of rotatable bonds is 4. The van der Waals surface area contributed by atoms with Crippen LogP contribution >= 0.6 is 0 Å². The summed E-state index contributed by atoms with van der Waals surface area (Å²) in [5.74, 6) is -0.400. The van der Waals surface area contributed by atoms with Crippen LogP contribution in [0.1, 0.15) is 49.9 Å². The molecule has 3 heterocycles. The summed E-state index contributed by atoms with van der Waals surface area (Å²) < 4.78 is 20.6. The molecule has 6 heteroatoms. The van der Waals surface area contributed by atoms with Gasteiger partial charge in [0.15, 0.2) is 5.60 Å². The highest BCUT2D eigenvalue weighted by molar-refractivity contribution is 5.95. The first-order valence-corrected chi connectivity index (χ1v) is 10.9. The highest BCUT2D eigenvalue weighted by Gasteiger charge is 2.58. The van der Waals surface area contributed by atoms with E-state index in [-0.39, 0.29) is 29.9 Å². The molecule has 164 valence electrons. The van der Waals surface area contributed by atoms with Crippen LogP contribution in [0, 0.1) is 0 Å². The molecule has 0 bridgehead atoms. The van der Waals surface area contributed by atoms with E-state index in [1.165, 1.54) is 6.08 Å². The Morgan fingerprint density at radius 3 is 2.55 bits per heavy atom. The molecule has 0 aromatic heterocycles. The van der Waals surface area contributed by atoms with Crippen LogP contribution in [-0.4, -0.2) is 52.6 Å². The number of carbonyl (C=O) groups excluding carboxylic acids is 2. The summed E-state index contributed by atoms with van der Waals surface area (Å²) >= 11 is 0. The summed E-state index contributed by atoms with van der Waals surface area (Å²) in [6.07, 6.45) is 5.20. The number of ether oxygens (including phenoxy) is 1. The lowest BCUT2D eigenvalue weighted by Gasteiger charge is -2.37. The van der Waals surface area contributed by atoms with Gasteiger partial charge in [-0.3, -0.25) is 9.59 Å². The highest BCUT2D eigenvalue weighted by atomic mass is 19.1. The fourth-order valence-corrected chi connectivity index (χ4v) is 4.75. The molecular weight excluding hydrogens is 395 g/mol. The number of allylic oxidation sites excluding steroid dienone is 3. The van der Waals surface area contributed by atoms with Gasteiger partial charge in [0.25, 0.3) is 11.8 Å². The molecule has 0 unspecified atom stereocenters. The lowest BCUT2D eigenvalue weighted by Crippen LogP contribution is -2.52. The average molecular weight is 425 g/mol. The smallest absolute Gasteiger partial charge is 0.257 e. The van der Waals surface area contributed by atoms with Crippen LogP contribution in [0.2, 0.25) is 0 Å². The van der Waals surface area contributed by atoms with Crippen molar-refractivity contribution in [2.75, 3.05) is 13.1 Å². The standard InChI is InChI=1S/C25H29FN2O3/c1-4-17(2)20(26)16-18(3)21-10-11-22-28(21)24(30)25(31-22)12-14-27(15-13-25)23(29)19-8-6-5-7-9-19/h4-9,16,21-22H,3,10-15H2,1-2H3/b17-4-,20-16+/t21-,22+/m0/s1. The number of likely N-dealkylation sites (tertiary alicyclic amines) is 1. The predicted octanol–water partition coefficient (Wildman–Crippen LogP) is 4.38. The van der Waals surface area contributed by atoms with Crippen LogP contribution in [0.25, 0.3) is 0 Å². The van der Waals surface area contributed by atoms with E-state index >= 15 is 0 Å². The monoisotopic (exact) mass is 424 g/mol. The number of fused-ring (bicyclic) bond motifs is 1. The number of nitrogens with zero attached hydrogens (tertiary/aromatic N) is 2. The van der Waals surface area contributed by atoms with Gasteiger partial charge in [-0.15, -0.1) is 0 Å². The van der Waals surface area contributed by atoms with Gasteiger partial charge in [-0.1, -0.05) is 30.9 Å². The van der Waals surface area contributed by atoms with Crippen molar-refractivity contribution >= 4 is 11.8 Å². The first-order valence-electron chi connectivity index (χ1n) is 10.9. The molecule has 31 heavy (non-hydrogen) atoms. The van der Waals surface area contributed by atoms with Gasteiger partial charge in [0, 0.05) is 31.5 Å². The van der Waals surface area contributed by atoms with Crippen molar-refractivity contribution in [1.29, 1.82) is 0 Å². The van der Waals surface area contributed by atoms with Crippen molar-refractivity contribution in [2.45, 2.75) is 57.4 Å². The normalized spacial score (nSPS) is 25.8. The lowest BCUT2D eigenvalue weighted by molar-refractivity contribution is -0.142. The molecule has 2 atom stereocenters. The molecule has 0 aliphatic carbocycles. The topological polar surface area (TPSA) is 49.9 Å². The molecule has 0 radical (unpaired) electrons. The van der Waals surface area contributed by atoms with Crippen LogP contribution in [0.5, 0.6) is 0 Å². The van der Waals surface area contributed by atoms with Crippen LogP contribution in [-0.2, 0) is 9.53 Å². The third-order valence-corrected chi connectivity index (χ3v) is 6.75. The van der Waals surface area contributed by atoms with E-state index in [1.807, 2.05) is 18.2 Å². The predicted molar refractivity (Wildman–Crippen MR) is 117 cm³/mol. The quantitative estimate of drug-likeness (QED) is 0.674. The zero-order valence-electron chi connectivity index (χ0n) is 18.1. The largest absolute Gasteiger partial charge is 0.342 e. The van der Waals surface area contributed by atoms with E-state index in [0.29, 0.717) is 55.5 Å². The molecular formula is C25H29FN2O3. The number of hydrogen-bond acceptors (Lipinski definition) is 3. The lowest BCUT2D eigenvalue weighted by atomic mass is 9.89. The van der Waals surface area contributed by atoms with Gasteiger partial charge in [0.1, 0.15) is 12.1 Å². The summed E-state index contributed by atoms with van der Waals surface area (Å²) in [5, 5.41) is 0. The molecule has 1 aromatic carbocycles. The summed E-state index contributed by atoms with van der Waals surface area (Å²) in [6, 6.07) is 8.93. The molecule has 1 aromatic rings. The Bertz CT molecular complexity index is 945. The van der Waals surface area contributed by atoms with Gasteiger partial charge in [-0.25, -0.2) is 4.39 Å². The van der Waals surface area contributed by atoms with Crippen molar-refractivity contribution in [1.82, 2.24) is 9.80 Å². The molecule has 0 N–H and O–H groups in total. The molecule has 1 spiro atoms. The van der Waals surface area contributed by atoms with E-state index in [2.05, 4.69) is 6.58 Å². The Morgan fingerprint density at radius 2 is 1.90 bits per heavy atom. The van der Waals surface area contributed by atoms with Crippen molar-refractivity contribution in [2.24, 2.45) is 0 Å². The van der Waals surface area contributed by atoms with Crippen molar-refractivity contribution in [3.63, 3.8) is 0 Å². The Morgan fingerprint density at radius 1 is 1.23 bits per heavy atom. The van der Waals surface area contributed by atoms with Gasteiger partial charge in [0.05, 0.1) is 6.04 Å². The number of piperidine rings is 1. The Kier molecular flexibility index (Phi) is 5.84. The average Bonchev–Trinajstić information content (AvgIpc) is 3.32. The van der Waals surface area contributed by atoms with Gasteiger partial charge in [-0.05, 0) is 56.0 Å². The Hall–Kier alpha value is -2.73. The molecule has 3 aliphatic rings.